The zero-order valence-corrected chi connectivity index (χ0v) is 17.3. The number of imidazole rings is 1. The lowest BCUT2D eigenvalue weighted by Crippen LogP contribution is -2.53. The molecular formula is C20H20N6O5. The number of aromatic amines is 1. The van der Waals surface area contributed by atoms with E-state index in [1.54, 1.807) is 31.2 Å². The monoisotopic (exact) mass is 424 g/mol. The quantitative estimate of drug-likeness (QED) is 0.468. The second kappa shape index (κ2) is 7.04. The number of ketones is 1. The maximum atomic E-state index is 13.3. The van der Waals surface area contributed by atoms with Crippen LogP contribution in [0.1, 0.15) is 30.0 Å². The minimum absolute atomic E-state index is 0.0626. The Morgan fingerprint density at radius 2 is 1.94 bits per heavy atom. The van der Waals surface area contributed by atoms with Gasteiger partial charge in [-0.15, -0.1) is 0 Å². The van der Waals surface area contributed by atoms with Crippen LogP contribution in [-0.2, 0) is 21.4 Å². The average Bonchev–Trinajstić information content (AvgIpc) is 3.30. The Balaban J connectivity index is 1.73. The number of carbonyl (C=O) groups excluding carboxylic acids is 4. The minimum Gasteiger partial charge on any atom is -0.433 e. The second-order valence-electron chi connectivity index (χ2n) is 7.71. The fourth-order valence-corrected chi connectivity index (χ4v) is 3.44. The predicted molar refractivity (Wildman–Crippen MR) is 108 cm³/mol. The number of para-hydroxylation sites is 2. The van der Waals surface area contributed by atoms with E-state index < -0.39 is 35.3 Å². The average molecular weight is 424 g/mol. The van der Waals surface area contributed by atoms with Gasteiger partial charge in [-0.3, -0.25) is 24.4 Å². The molecule has 0 radical (unpaired) electrons. The molecule has 4 rings (SSSR count). The number of amides is 3. The normalized spacial score (nSPS) is 16.5. The van der Waals surface area contributed by atoms with Gasteiger partial charge in [0.15, 0.2) is 11.6 Å². The molecule has 11 heteroatoms. The smallest absolute Gasteiger partial charge is 0.418 e. The molecule has 31 heavy (non-hydrogen) atoms. The molecule has 1 aliphatic heterocycles. The lowest BCUT2D eigenvalue weighted by Gasteiger charge is -2.22. The molecule has 2 N–H and O–H groups in total. The van der Waals surface area contributed by atoms with Crippen LogP contribution in [0.15, 0.2) is 30.3 Å². The van der Waals surface area contributed by atoms with Gasteiger partial charge in [0, 0.05) is 7.05 Å². The molecule has 2 aromatic heterocycles. The molecule has 1 unspecified atom stereocenters. The Morgan fingerprint density at radius 3 is 2.52 bits per heavy atom. The maximum absolute atomic E-state index is 13.3. The number of ether oxygens (including phenoxy) is 1. The first-order valence-electron chi connectivity index (χ1n) is 9.45. The van der Waals surface area contributed by atoms with E-state index in [-0.39, 0.29) is 11.6 Å². The highest BCUT2D eigenvalue weighted by Gasteiger charge is 2.54. The highest BCUT2D eigenvalue weighted by molar-refractivity contribution is 6.21. The van der Waals surface area contributed by atoms with Crippen LogP contribution in [0.3, 0.4) is 0 Å². The standard InChI is InChI=1S/C20H20N6O5/c1-10-9-13(25(4)24-10)15(27)14(26-17(29)20(2,3)31-19(26)30)16(28)23-18-21-11-7-5-6-8-12(11)22-18/h5-9,14H,1-4H3,(H2,21,22,23,28). The van der Waals surface area contributed by atoms with Gasteiger partial charge in [-0.2, -0.15) is 5.10 Å². The number of hydrogen-bond donors (Lipinski definition) is 2. The topological polar surface area (TPSA) is 139 Å². The van der Waals surface area contributed by atoms with E-state index in [1.165, 1.54) is 31.6 Å². The fourth-order valence-electron chi connectivity index (χ4n) is 3.44. The van der Waals surface area contributed by atoms with E-state index >= 15 is 0 Å². The third-order valence-corrected chi connectivity index (χ3v) is 4.91. The van der Waals surface area contributed by atoms with Crippen molar-refractivity contribution in [2.24, 2.45) is 7.05 Å². The summed E-state index contributed by atoms with van der Waals surface area (Å²) >= 11 is 0. The predicted octanol–water partition coefficient (Wildman–Crippen LogP) is 1.55. The zero-order chi connectivity index (χ0) is 22.5. The largest absolute Gasteiger partial charge is 0.433 e. The van der Waals surface area contributed by atoms with E-state index in [0.29, 0.717) is 21.6 Å². The van der Waals surface area contributed by atoms with Gasteiger partial charge in [-0.05, 0) is 39.0 Å². The molecular weight excluding hydrogens is 404 g/mol. The van der Waals surface area contributed by atoms with Crippen molar-refractivity contribution >= 4 is 40.7 Å². The van der Waals surface area contributed by atoms with Crippen LogP contribution in [0.4, 0.5) is 10.7 Å². The van der Waals surface area contributed by atoms with Gasteiger partial charge in [0.25, 0.3) is 11.8 Å². The minimum atomic E-state index is -1.80. The van der Waals surface area contributed by atoms with Crippen LogP contribution in [0.2, 0.25) is 0 Å². The van der Waals surface area contributed by atoms with Crippen molar-refractivity contribution in [3.8, 4) is 0 Å². The number of aryl methyl sites for hydroxylation is 2. The molecule has 3 amide bonds. The number of benzene rings is 1. The summed E-state index contributed by atoms with van der Waals surface area (Å²) < 4.78 is 6.37. The molecule has 0 saturated carbocycles. The number of hydrogen-bond acceptors (Lipinski definition) is 7. The molecule has 3 aromatic rings. The fraction of sp³-hybridized carbons (Fsp3) is 0.300. The summed E-state index contributed by atoms with van der Waals surface area (Å²) in [7, 11) is 1.53. The third-order valence-electron chi connectivity index (χ3n) is 4.91. The van der Waals surface area contributed by atoms with Crippen LogP contribution >= 0.6 is 0 Å². The Bertz CT molecular complexity index is 1210. The van der Waals surface area contributed by atoms with E-state index in [2.05, 4.69) is 20.4 Å². The van der Waals surface area contributed by atoms with Gasteiger partial charge in [0.2, 0.25) is 11.7 Å². The summed E-state index contributed by atoms with van der Waals surface area (Å²) in [6.45, 7) is 4.46. The number of carbonyl (C=O) groups is 4. The first-order chi connectivity index (χ1) is 14.6. The van der Waals surface area contributed by atoms with Crippen LogP contribution < -0.4 is 5.32 Å². The number of Topliss-reactive ketones (excluding diaryl/α,β-unsaturated/α-hetero) is 1. The molecule has 3 heterocycles. The molecule has 0 bridgehead atoms. The van der Waals surface area contributed by atoms with E-state index in [1.807, 2.05) is 0 Å². The summed E-state index contributed by atoms with van der Waals surface area (Å²) in [5.74, 6) is -2.41. The Morgan fingerprint density at radius 1 is 1.23 bits per heavy atom. The van der Waals surface area contributed by atoms with Gasteiger partial charge >= 0.3 is 6.09 Å². The van der Waals surface area contributed by atoms with Crippen molar-refractivity contribution in [2.45, 2.75) is 32.4 Å². The summed E-state index contributed by atoms with van der Waals surface area (Å²) in [5, 5.41) is 6.60. The van der Waals surface area contributed by atoms with Crippen LogP contribution in [0, 0.1) is 6.92 Å². The third kappa shape index (κ3) is 3.43. The number of nitrogens with one attached hydrogen (secondary N) is 2. The summed E-state index contributed by atoms with van der Waals surface area (Å²) in [6.07, 6.45) is -1.08. The summed E-state index contributed by atoms with van der Waals surface area (Å²) in [4.78, 5) is 59.5. The number of imide groups is 1. The van der Waals surface area contributed by atoms with Crippen molar-refractivity contribution < 1.29 is 23.9 Å². The summed E-state index contributed by atoms with van der Waals surface area (Å²) in [6, 6.07) is 6.76. The van der Waals surface area contributed by atoms with Crippen LogP contribution in [0.25, 0.3) is 11.0 Å². The van der Waals surface area contributed by atoms with Gasteiger partial charge in [0.1, 0.15) is 5.69 Å². The first kappa shape index (κ1) is 20.3. The maximum Gasteiger partial charge on any atom is 0.418 e. The molecule has 11 nitrogen and oxygen atoms in total. The number of aromatic nitrogens is 4. The molecule has 1 fully saturated rings. The van der Waals surface area contributed by atoms with Crippen LogP contribution in [0.5, 0.6) is 0 Å². The highest BCUT2D eigenvalue weighted by atomic mass is 16.6. The molecule has 1 atom stereocenters. The number of rotatable bonds is 5. The summed E-state index contributed by atoms with van der Waals surface area (Å²) in [5.41, 5.74) is 0.365. The van der Waals surface area contributed by atoms with Gasteiger partial charge in [0.05, 0.1) is 16.7 Å². The van der Waals surface area contributed by atoms with Gasteiger partial charge in [-0.25, -0.2) is 14.7 Å². The zero-order valence-electron chi connectivity index (χ0n) is 17.3. The molecule has 160 valence electrons. The molecule has 1 saturated heterocycles. The number of anilines is 1. The SMILES string of the molecule is Cc1cc(C(=O)C(C(=O)Nc2nc3ccccc3[nH]2)N2C(=O)OC(C)(C)C2=O)n(C)n1. The van der Waals surface area contributed by atoms with Crippen LogP contribution in [-0.4, -0.2) is 60.0 Å². The number of H-pyrrole nitrogens is 1. The lowest BCUT2D eigenvalue weighted by molar-refractivity contribution is -0.137. The van der Waals surface area contributed by atoms with Crippen molar-refractivity contribution in [1.82, 2.24) is 24.6 Å². The number of cyclic esters (lactones) is 1. The van der Waals surface area contributed by atoms with Crippen molar-refractivity contribution in [3.63, 3.8) is 0 Å². The van der Waals surface area contributed by atoms with Gasteiger partial charge in [-0.1, -0.05) is 12.1 Å². The van der Waals surface area contributed by atoms with E-state index in [4.69, 9.17) is 4.74 Å². The highest BCUT2D eigenvalue weighted by Crippen LogP contribution is 2.27. The van der Waals surface area contributed by atoms with Gasteiger partial charge < -0.3 is 9.72 Å². The second-order valence-corrected chi connectivity index (χ2v) is 7.71. The number of nitrogens with zero attached hydrogens (tertiary/aromatic N) is 4. The van der Waals surface area contributed by atoms with Crippen molar-refractivity contribution in [1.29, 1.82) is 0 Å². The van der Waals surface area contributed by atoms with E-state index in [9.17, 15) is 19.2 Å². The molecule has 0 aliphatic carbocycles. The van der Waals surface area contributed by atoms with Crippen molar-refractivity contribution in [3.05, 3.63) is 41.7 Å². The lowest BCUT2D eigenvalue weighted by atomic mass is 10.0. The number of fused-ring (bicyclic) bond motifs is 1. The Labute approximate surface area is 176 Å². The molecule has 0 spiro atoms. The Hall–Kier alpha value is -4.02. The first-order valence-corrected chi connectivity index (χ1v) is 9.45. The molecule has 1 aromatic carbocycles. The molecule has 1 aliphatic rings. The van der Waals surface area contributed by atoms with Crippen molar-refractivity contribution in [2.75, 3.05) is 5.32 Å². The van der Waals surface area contributed by atoms with E-state index in [0.717, 1.165) is 0 Å². The Kier molecular flexibility index (Phi) is 4.60.